The van der Waals surface area contributed by atoms with Crippen LogP contribution in [0.4, 0.5) is 0 Å². The Kier molecular flexibility index (Phi) is 12.7. The van der Waals surface area contributed by atoms with E-state index in [1.807, 2.05) is 6.08 Å². The van der Waals surface area contributed by atoms with E-state index in [-0.39, 0.29) is 16.4 Å². The predicted molar refractivity (Wildman–Crippen MR) is 248 cm³/mol. The van der Waals surface area contributed by atoms with E-state index in [1.165, 1.54) is 110 Å². The van der Waals surface area contributed by atoms with Gasteiger partial charge in [0.2, 0.25) is 0 Å². The molecule has 56 heavy (non-hydrogen) atoms. The number of fused-ring (bicyclic) bond motifs is 3. The Morgan fingerprint density at radius 2 is 1.05 bits per heavy atom. The molecule has 5 aromatic carbocycles. The van der Waals surface area contributed by atoms with Gasteiger partial charge < -0.3 is 4.74 Å². The topological polar surface area (TPSA) is 9.23 Å². The molecule has 1 aliphatic rings. The zero-order valence-corrected chi connectivity index (χ0v) is 37.4. The van der Waals surface area contributed by atoms with E-state index in [9.17, 15) is 0 Å². The van der Waals surface area contributed by atoms with Crippen LogP contribution in [0.3, 0.4) is 0 Å². The Balaban J connectivity index is 1.55. The number of unbranched alkanes of at least 4 members (excludes halogenated alkanes) is 4. The molecule has 0 saturated carbocycles. The summed E-state index contributed by atoms with van der Waals surface area (Å²) in [5, 5.41) is 1.46. The average molecular weight is 761 g/mol. The van der Waals surface area contributed by atoms with Crippen LogP contribution in [-0.2, 0) is 23.7 Å². The fourth-order valence-corrected chi connectivity index (χ4v) is 12.6. The Morgan fingerprint density at radius 1 is 0.589 bits per heavy atom. The highest BCUT2D eigenvalue weighted by Crippen LogP contribution is 2.51. The van der Waals surface area contributed by atoms with Crippen molar-refractivity contribution in [1.29, 1.82) is 0 Å². The molecule has 0 unspecified atom stereocenters. The predicted octanol–water partition coefficient (Wildman–Crippen LogP) is 14.9. The SMILES string of the molecule is C=CCOc1c(CCCCC)cc(CCCCC)cc1[Si](C)(C)C1c2cc(-c3ccc(C(C)(C)C)cc3)ccc2-c2ccc(-c3ccc(C(C)(C)C)cc3)cc21. The van der Waals surface area contributed by atoms with Crippen molar-refractivity contribution in [3.05, 3.63) is 143 Å². The molecule has 0 amide bonds. The van der Waals surface area contributed by atoms with Crippen molar-refractivity contribution in [1.82, 2.24) is 0 Å². The second-order valence-corrected chi connectivity index (χ2v) is 23.6. The van der Waals surface area contributed by atoms with Crippen molar-refractivity contribution in [2.24, 2.45) is 0 Å². The molecule has 0 atom stereocenters. The molecular weight excluding hydrogens is 693 g/mol. The van der Waals surface area contributed by atoms with E-state index in [2.05, 4.69) is 172 Å². The van der Waals surface area contributed by atoms with Crippen LogP contribution >= 0.6 is 0 Å². The van der Waals surface area contributed by atoms with Crippen molar-refractivity contribution >= 4 is 13.3 Å². The number of ether oxygens (including phenoxy) is 1. The summed E-state index contributed by atoms with van der Waals surface area (Å²) in [6, 6.07) is 38.2. The van der Waals surface area contributed by atoms with Gasteiger partial charge in [-0.2, -0.15) is 0 Å². The first-order valence-corrected chi connectivity index (χ1v) is 24.6. The van der Waals surface area contributed by atoms with Crippen molar-refractivity contribution in [3.63, 3.8) is 0 Å². The van der Waals surface area contributed by atoms with E-state index >= 15 is 0 Å². The van der Waals surface area contributed by atoms with Crippen LogP contribution in [0, 0.1) is 0 Å². The van der Waals surface area contributed by atoms with Gasteiger partial charge in [-0.15, -0.1) is 0 Å². The summed E-state index contributed by atoms with van der Waals surface area (Å²) in [7, 11) is -2.38. The van der Waals surface area contributed by atoms with E-state index < -0.39 is 8.07 Å². The maximum absolute atomic E-state index is 6.83. The monoisotopic (exact) mass is 761 g/mol. The van der Waals surface area contributed by atoms with E-state index in [4.69, 9.17) is 4.74 Å². The van der Waals surface area contributed by atoms with Gasteiger partial charge in [0.25, 0.3) is 0 Å². The highest BCUT2D eigenvalue weighted by molar-refractivity contribution is 6.92. The molecular formula is C54H68OSi. The highest BCUT2D eigenvalue weighted by atomic mass is 28.3. The van der Waals surface area contributed by atoms with Crippen LogP contribution in [0.25, 0.3) is 33.4 Å². The molecule has 0 heterocycles. The zero-order chi connectivity index (χ0) is 40.3. The number of hydrogen-bond acceptors (Lipinski definition) is 1. The van der Waals surface area contributed by atoms with Gasteiger partial charge in [-0.1, -0.05) is 204 Å². The van der Waals surface area contributed by atoms with E-state index in [1.54, 1.807) is 0 Å². The molecule has 0 aliphatic heterocycles. The molecule has 0 spiro atoms. The Morgan fingerprint density at radius 3 is 1.50 bits per heavy atom. The molecule has 6 rings (SSSR count). The molecule has 294 valence electrons. The lowest BCUT2D eigenvalue weighted by atomic mass is 9.86. The van der Waals surface area contributed by atoms with Gasteiger partial charge in [-0.3, -0.25) is 0 Å². The highest BCUT2D eigenvalue weighted by Gasteiger charge is 2.44. The summed E-state index contributed by atoms with van der Waals surface area (Å²) in [5.74, 6) is 1.13. The van der Waals surface area contributed by atoms with Gasteiger partial charge >= 0.3 is 0 Å². The molecule has 2 heteroatoms. The van der Waals surface area contributed by atoms with E-state index in [0.717, 1.165) is 18.6 Å². The normalized spacial score (nSPS) is 13.1. The minimum Gasteiger partial charge on any atom is -0.489 e. The first kappa shape index (κ1) is 41.5. The minimum absolute atomic E-state index is 0.120. The fraction of sp³-hybridized carbons (Fsp3) is 0.407. The summed E-state index contributed by atoms with van der Waals surface area (Å²) in [6.45, 7) is 28.2. The van der Waals surface area contributed by atoms with Gasteiger partial charge in [0.05, 0.1) is 8.07 Å². The summed E-state index contributed by atoms with van der Waals surface area (Å²) in [6.07, 6.45) is 11.4. The van der Waals surface area contributed by atoms with Gasteiger partial charge in [0, 0.05) is 5.54 Å². The smallest absolute Gasteiger partial charge is 0.122 e. The number of aryl methyl sites for hydroxylation is 2. The minimum atomic E-state index is -2.38. The second kappa shape index (κ2) is 17.1. The fourth-order valence-electron chi connectivity index (χ4n) is 8.90. The molecule has 0 aromatic heterocycles. The van der Waals surface area contributed by atoms with Crippen LogP contribution in [-0.4, -0.2) is 14.7 Å². The van der Waals surface area contributed by atoms with Crippen LogP contribution in [0.2, 0.25) is 13.1 Å². The Bertz CT molecular complexity index is 2010. The van der Waals surface area contributed by atoms with Crippen molar-refractivity contribution in [2.45, 2.75) is 136 Å². The zero-order valence-electron chi connectivity index (χ0n) is 36.4. The molecule has 0 saturated heterocycles. The maximum atomic E-state index is 6.83. The van der Waals surface area contributed by atoms with Gasteiger partial charge in [-0.05, 0) is 108 Å². The summed E-state index contributed by atoms with van der Waals surface area (Å²) in [5.41, 5.74) is 16.9. The van der Waals surface area contributed by atoms with Crippen molar-refractivity contribution < 1.29 is 4.74 Å². The molecule has 1 nitrogen and oxygen atoms in total. The lowest BCUT2D eigenvalue weighted by molar-refractivity contribution is 0.361. The first-order chi connectivity index (χ1) is 26.7. The van der Waals surface area contributed by atoms with Gasteiger partial charge in [0.1, 0.15) is 12.4 Å². The molecule has 1 aliphatic carbocycles. The molecule has 0 N–H and O–H groups in total. The molecule has 0 radical (unpaired) electrons. The van der Waals surface area contributed by atoms with Crippen LogP contribution in [0.5, 0.6) is 5.75 Å². The van der Waals surface area contributed by atoms with Gasteiger partial charge in [0.15, 0.2) is 0 Å². The Labute approximate surface area is 341 Å². The quantitative estimate of drug-likeness (QED) is 0.0587. The van der Waals surface area contributed by atoms with E-state index in [0.29, 0.717) is 6.61 Å². The first-order valence-electron chi connectivity index (χ1n) is 21.6. The van der Waals surface area contributed by atoms with Crippen molar-refractivity contribution in [2.75, 3.05) is 6.61 Å². The third kappa shape index (κ3) is 8.87. The number of hydrogen-bond donors (Lipinski definition) is 0. The average Bonchev–Trinajstić information content (AvgIpc) is 3.50. The van der Waals surface area contributed by atoms with Crippen LogP contribution in [0.15, 0.2) is 110 Å². The summed E-state index contributed by atoms with van der Waals surface area (Å²) < 4.78 is 6.83. The molecule has 5 aromatic rings. The van der Waals surface area contributed by atoms with Crippen LogP contribution in [0.1, 0.15) is 133 Å². The van der Waals surface area contributed by atoms with Crippen molar-refractivity contribution in [3.8, 4) is 39.1 Å². The van der Waals surface area contributed by atoms with Crippen LogP contribution < -0.4 is 9.92 Å². The molecule has 0 fully saturated rings. The largest absolute Gasteiger partial charge is 0.489 e. The number of rotatable bonds is 15. The standard InChI is InChI=1S/C54H68OSi/c1-12-15-17-19-38-34-43(20-18-16-13-2)51(55-33-14-3)50(35-38)56(10,11)52-48-36-41(39-21-27-44(28-22-39)53(4,5)6)25-31-46(48)47-32-26-42(37-49(47)52)40-23-29-45(30-24-40)54(7,8)9/h14,21-32,34-37,52H,3,12-13,15-20,33H2,1-2,4-11H3. The Hall–Kier alpha value is -4.14. The maximum Gasteiger partial charge on any atom is 0.122 e. The lowest BCUT2D eigenvalue weighted by Crippen LogP contribution is -2.49. The number of benzene rings is 5. The third-order valence-electron chi connectivity index (χ3n) is 12.3. The second-order valence-electron chi connectivity index (χ2n) is 19.1. The summed E-state index contributed by atoms with van der Waals surface area (Å²) in [4.78, 5) is 0. The van der Waals surface area contributed by atoms with Gasteiger partial charge in [-0.25, -0.2) is 0 Å². The molecule has 0 bridgehead atoms. The lowest BCUT2D eigenvalue weighted by Gasteiger charge is -2.35. The summed E-state index contributed by atoms with van der Waals surface area (Å²) >= 11 is 0. The third-order valence-corrected chi connectivity index (χ3v) is 16.1.